The third-order valence-corrected chi connectivity index (χ3v) is 7.97. The molecule has 1 saturated heterocycles. The van der Waals surface area contributed by atoms with Crippen molar-refractivity contribution in [1.29, 1.82) is 0 Å². The van der Waals surface area contributed by atoms with Gasteiger partial charge in [-0.25, -0.2) is 0 Å². The Morgan fingerprint density at radius 3 is 2.56 bits per heavy atom. The first kappa shape index (κ1) is 30.3. The van der Waals surface area contributed by atoms with Crippen LogP contribution in [0.5, 0.6) is 5.75 Å². The van der Waals surface area contributed by atoms with E-state index in [4.69, 9.17) is 13.9 Å². The van der Waals surface area contributed by atoms with Crippen LogP contribution < -0.4 is 15.1 Å². The Morgan fingerprint density at radius 2 is 1.85 bits per heavy atom. The fourth-order valence-electron chi connectivity index (χ4n) is 4.80. The van der Waals surface area contributed by atoms with Gasteiger partial charge in [-0.1, -0.05) is 63.2 Å². The van der Waals surface area contributed by atoms with Crippen molar-refractivity contribution >= 4 is 39.4 Å². The molecule has 0 N–H and O–H groups in total. The molecule has 2 aromatic heterocycles. The number of morpholine rings is 1. The van der Waals surface area contributed by atoms with E-state index in [1.54, 1.807) is 6.07 Å². The second-order valence-corrected chi connectivity index (χ2v) is 10.8. The van der Waals surface area contributed by atoms with Crippen LogP contribution in [0.1, 0.15) is 62.0 Å². The first-order valence-electron chi connectivity index (χ1n) is 14.4. The van der Waals surface area contributed by atoms with Crippen LogP contribution in [-0.2, 0) is 11.2 Å². The van der Waals surface area contributed by atoms with E-state index < -0.39 is 0 Å². The molecule has 41 heavy (non-hydrogen) atoms. The number of hydrogen-bond donors (Lipinski definition) is 0. The van der Waals surface area contributed by atoms with Crippen LogP contribution in [-0.4, -0.2) is 39.2 Å². The van der Waals surface area contributed by atoms with Crippen molar-refractivity contribution < 1.29 is 18.7 Å². The van der Waals surface area contributed by atoms with E-state index >= 15 is 0 Å². The van der Waals surface area contributed by atoms with Gasteiger partial charge in [0.2, 0.25) is 5.43 Å². The lowest BCUT2D eigenvalue weighted by molar-refractivity contribution is 0.112. The zero-order valence-corrected chi connectivity index (χ0v) is 25.2. The molecule has 0 amide bonds. The smallest absolute Gasteiger partial charge is 0.204 e. The molecule has 1 fully saturated rings. The summed E-state index contributed by atoms with van der Waals surface area (Å²) >= 11 is 1.43. The monoisotopic (exact) mass is 573 g/mol. The molecule has 0 atom stereocenters. The number of hydrogen-bond acceptors (Lipinski definition) is 7. The lowest BCUT2D eigenvalue weighted by Crippen LogP contribution is -2.36. The van der Waals surface area contributed by atoms with Gasteiger partial charge in [-0.05, 0) is 54.5 Å². The number of carbonyl (C=O) groups is 1. The molecule has 0 saturated carbocycles. The standard InChI is InChI=1S/C22H25NO4S.C12H14O/c1-3-9-26-19-12-16(6-5-15(19)4-2)17-14-28-22-18(24)13-20(27-21(17)22)23-7-10-25-11-8-23;1-3-6-10(2)12-8-5-4-7-11(12)9-13/h5-6,12-14H,3-4,7-11H2,1-2H3;4-9H,3H2,1-2H3/b;10-6+. The average Bonchev–Trinajstić information content (AvgIpc) is 3.45. The van der Waals surface area contributed by atoms with E-state index in [-0.39, 0.29) is 5.43 Å². The molecule has 0 bridgehead atoms. The zero-order valence-electron chi connectivity index (χ0n) is 24.4. The van der Waals surface area contributed by atoms with Crippen molar-refractivity contribution in [3.63, 3.8) is 0 Å². The number of allylic oxidation sites excluding steroid dienone is 2. The maximum atomic E-state index is 12.7. The minimum Gasteiger partial charge on any atom is -0.493 e. The van der Waals surface area contributed by atoms with Gasteiger partial charge in [0.1, 0.15) is 10.4 Å². The lowest BCUT2D eigenvalue weighted by atomic mass is 10.0. The van der Waals surface area contributed by atoms with Crippen LogP contribution >= 0.6 is 11.3 Å². The SMILES string of the molecule is CC/C=C(\C)c1ccccc1C=O.CCCOc1cc(-c2csc3c(=O)cc(N4CCOCC4)oc23)ccc1CC. The van der Waals surface area contributed by atoms with E-state index in [9.17, 15) is 9.59 Å². The van der Waals surface area contributed by atoms with Crippen molar-refractivity contribution in [1.82, 2.24) is 0 Å². The van der Waals surface area contributed by atoms with Crippen molar-refractivity contribution in [2.24, 2.45) is 0 Å². The average molecular weight is 574 g/mol. The van der Waals surface area contributed by atoms with E-state index in [0.29, 0.717) is 36.0 Å². The Bertz CT molecular complexity index is 1540. The van der Waals surface area contributed by atoms with Gasteiger partial charge in [0.05, 0.1) is 19.8 Å². The van der Waals surface area contributed by atoms with E-state index in [0.717, 1.165) is 66.6 Å². The molecule has 7 heteroatoms. The third kappa shape index (κ3) is 7.34. The van der Waals surface area contributed by atoms with E-state index in [1.807, 2.05) is 36.6 Å². The normalized spacial score (nSPS) is 13.6. The van der Waals surface area contributed by atoms with Crippen molar-refractivity contribution in [2.75, 3.05) is 37.8 Å². The van der Waals surface area contributed by atoms with Crippen LogP contribution in [0.3, 0.4) is 0 Å². The molecule has 0 spiro atoms. The van der Waals surface area contributed by atoms with Crippen LogP contribution in [0.2, 0.25) is 0 Å². The molecule has 1 aliphatic heterocycles. The van der Waals surface area contributed by atoms with Gasteiger partial charge in [-0.2, -0.15) is 0 Å². The summed E-state index contributed by atoms with van der Waals surface area (Å²) in [4.78, 5) is 25.4. The maximum Gasteiger partial charge on any atom is 0.204 e. The first-order valence-corrected chi connectivity index (χ1v) is 15.2. The van der Waals surface area contributed by atoms with Gasteiger partial charge < -0.3 is 18.8 Å². The Kier molecular flexibility index (Phi) is 10.9. The molecule has 1 aliphatic rings. The summed E-state index contributed by atoms with van der Waals surface area (Å²) in [6, 6.07) is 15.5. The number of aldehydes is 1. The highest BCUT2D eigenvalue weighted by molar-refractivity contribution is 7.17. The summed E-state index contributed by atoms with van der Waals surface area (Å²) in [6.07, 6.45) is 5.91. The lowest BCUT2D eigenvalue weighted by Gasteiger charge is -2.27. The Labute approximate surface area is 246 Å². The summed E-state index contributed by atoms with van der Waals surface area (Å²) in [5, 5.41) is 2.00. The number of rotatable bonds is 9. The van der Waals surface area contributed by atoms with Gasteiger partial charge in [0.15, 0.2) is 17.8 Å². The van der Waals surface area contributed by atoms with Crippen LogP contribution in [0.25, 0.3) is 27.0 Å². The number of nitrogens with zero attached hydrogens (tertiary/aromatic N) is 1. The van der Waals surface area contributed by atoms with Gasteiger partial charge in [0.25, 0.3) is 0 Å². The highest BCUT2D eigenvalue weighted by Crippen LogP contribution is 2.37. The highest BCUT2D eigenvalue weighted by Gasteiger charge is 2.19. The number of benzene rings is 2. The summed E-state index contributed by atoms with van der Waals surface area (Å²) in [6.45, 7) is 11.8. The van der Waals surface area contributed by atoms with Gasteiger partial charge >= 0.3 is 0 Å². The number of anilines is 1. The minimum absolute atomic E-state index is 0.00614. The molecule has 4 aromatic rings. The molecular weight excluding hydrogens is 534 g/mol. The maximum absolute atomic E-state index is 12.7. The second kappa shape index (κ2) is 14.8. The molecule has 0 aliphatic carbocycles. The van der Waals surface area contributed by atoms with Gasteiger partial charge in [-0.3, -0.25) is 9.59 Å². The molecular formula is C34H39NO5S. The summed E-state index contributed by atoms with van der Waals surface area (Å²) in [7, 11) is 0. The summed E-state index contributed by atoms with van der Waals surface area (Å²) in [5.41, 5.74) is 6.78. The minimum atomic E-state index is 0.00614. The van der Waals surface area contributed by atoms with E-state index in [1.165, 1.54) is 22.5 Å². The number of aryl methyl sites for hydroxylation is 1. The second-order valence-electron chi connectivity index (χ2n) is 9.88. The van der Waals surface area contributed by atoms with Crippen molar-refractivity contribution in [2.45, 2.75) is 47.0 Å². The van der Waals surface area contributed by atoms with Gasteiger partial charge in [-0.15, -0.1) is 11.3 Å². The molecule has 5 rings (SSSR count). The van der Waals surface area contributed by atoms with E-state index in [2.05, 4.69) is 49.9 Å². The van der Waals surface area contributed by atoms with Crippen LogP contribution in [0.15, 0.2) is 69.2 Å². The number of carbonyl (C=O) groups excluding carboxylic acids is 1. The number of fused-ring (bicyclic) bond motifs is 1. The van der Waals surface area contributed by atoms with Crippen molar-refractivity contribution in [3.05, 3.63) is 86.9 Å². The summed E-state index contributed by atoms with van der Waals surface area (Å²) < 4.78 is 18.3. The Hall–Kier alpha value is -3.68. The fourth-order valence-corrected chi connectivity index (χ4v) is 5.72. The molecule has 3 heterocycles. The Balaban J connectivity index is 0.000000251. The molecule has 0 unspecified atom stereocenters. The first-order chi connectivity index (χ1) is 20.0. The molecule has 2 aromatic carbocycles. The predicted molar refractivity (Wildman–Crippen MR) is 170 cm³/mol. The number of ether oxygens (including phenoxy) is 2. The zero-order chi connectivity index (χ0) is 29.2. The summed E-state index contributed by atoms with van der Waals surface area (Å²) in [5.74, 6) is 1.53. The molecule has 216 valence electrons. The predicted octanol–water partition coefficient (Wildman–Crippen LogP) is 8.02. The van der Waals surface area contributed by atoms with Crippen LogP contribution in [0.4, 0.5) is 5.88 Å². The third-order valence-electron chi connectivity index (χ3n) is 7.00. The van der Waals surface area contributed by atoms with Crippen molar-refractivity contribution in [3.8, 4) is 16.9 Å². The molecule has 6 nitrogen and oxygen atoms in total. The topological polar surface area (TPSA) is 69.0 Å². The number of thiophene rings is 1. The molecule has 0 radical (unpaired) electrons. The largest absolute Gasteiger partial charge is 0.493 e. The Morgan fingerprint density at radius 1 is 1.07 bits per heavy atom. The highest BCUT2D eigenvalue weighted by atomic mass is 32.1. The van der Waals surface area contributed by atoms with Crippen LogP contribution in [0, 0.1) is 0 Å². The quantitative estimate of drug-likeness (QED) is 0.189. The fraction of sp³-hybridized carbons (Fsp3) is 0.353. The van der Waals surface area contributed by atoms with Gasteiger partial charge in [0, 0.05) is 35.7 Å².